The van der Waals surface area contributed by atoms with Crippen molar-refractivity contribution in [2.24, 2.45) is 0 Å². The monoisotopic (exact) mass is 361 g/mol. The first-order valence-corrected chi connectivity index (χ1v) is 7.43. The summed E-state index contributed by atoms with van der Waals surface area (Å²) in [5.74, 6) is 0.881. The van der Waals surface area contributed by atoms with Gasteiger partial charge in [-0.3, -0.25) is 4.98 Å². The Morgan fingerprint density at radius 1 is 1.38 bits per heavy atom. The third-order valence-corrected chi connectivity index (χ3v) is 4.16. The number of hydrogen-bond donors (Lipinski definition) is 0. The summed E-state index contributed by atoms with van der Waals surface area (Å²) in [4.78, 5) is 5.13. The Hall–Kier alpha value is -0.390. The van der Waals surface area contributed by atoms with Crippen molar-refractivity contribution in [2.45, 2.75) is 11.9 Å². The van der Waals surface area contributed by atoms with Gasteiger partial charge in [0.2, 0.25) is 0 Å². The molecule has 1 aromatic heterocycles. The van der Waals surface area contributed by atoms with E-state index in [2.05, 4.69) is 36.8 Å². The lowest BCUT2D eigenvalue weighted by Gasteiger charge is -2.07. The average molecular weight is 363 g/mol. The lowest BCUT2D eigenvalue weighted by Crippen LogP contribution is -1.93. The van der Waals surface area contributed by atoms with E-state index in [4.69, 9.17) is 4.74 Å². The van der Waals surface area contributed by atoms with Crippen LogP contribution < -0.4 is 4.74 Å². The fourth-order valence-corrected chi connectivity index (χ4v) is 2.94. The number of alkyl halides is 1. The van der Waals surface area contributed by atoms with Crippen molar-refractivity contribution in [1.82, 2.24) is 4.98 Å². The van der Waals surface area contributed by atoms with Gasteiger partial charge in [0.1, 0.15) is 12.4 Å². The summed E-state index contributed by atoms with van der Waals surface area (Å²) < 4.78 is 6.77. The number of rotatable bonds is 4. The first kappa shape index (κ1) is 12.1. The molecule has 2 aromatic rings. The molecule has 2 rings (SSSR count). The molecule has 0 bridgehead atoms. The maximum absolute atomic E-state index is 5.68. The fraction of sp³-hybridized carbons (Fsp3) is 0.182. The molecular formula is C11H9Br2NOS. The Bertz CT molecular complexity index is 459. The van der Waals surface area contributed by atoms with Crippen LogP contribution in [-0.4, -0.2) is 4.98 Å². The molecule has 0 aliphatic rings. The van der Waals surface area contributed by atoms with Gasteiger partial charge in [0.05, 0.1) is 10.4 Å². The van der Waals surface area contributed by atoms with Crippen LogP contribution in [0.4, 0.5) is 0 Å². The van der Waals surface area contributed by atoms with Crippen molar-refractivity contribution in [3.8, 4) is 5.75 Å². The second-order valence-electron chi connectivity index (χ2n) is 3.14. The van der Waals surface area contributed by atoms with Gasteiger partial charge < -0.3 is 4.74 Å². The highest BCUT2D eigenvalue weighted by Gasteiger charge is 2.02. The second kappa shape index (κ2) is 5.80. The second-order valence-corrected chi connectivity index (χ2v) is 5.53. The van der Waals surface area contributed by atoms with Gasteiger partial charge >= 0.3 is 0 Å². The third kappa shape index (κ3) is 3.06. The summed E-state index contributed by atoms with van der Waals surface area (Å²) in [7, 11) is 0. The van der Waals surface area contributed by atoms with Gasteiger partial charge in [0.25, 0.3) is 0 Å². The molecule has 0 amide bonds. The van der Waals surface area contributed by atoms with Crippen molar-refractivity contribution >= 4 is 43.2 Å². The minimum absolute atomic E-state index is 0.577. The van der Waals surface area contributed by atoms with Crippen LogP contribution in [0.1, 0.15) is 10.4 Å². The maximum atomic E-state index is 5.68. The van der Waals surface area contributed by atoms with E-state index < -0.39 is 0 Å². The van der Waals surface area contributed by atoms with Crippen molar-refractivity contribution in [3.63, 3.8) is 0 Å². The number of thiazole rings is 1. The molecule has 0 N–H and O–H groups in total. The van der Waals surface area contributed by atoms with Crippen LogP contribution >= 0.6 is 43.2 Å². The van der Waals surface area contributed by atoms with E-state index >= 15 is 0 Å². The zero-order valence-corrected chi connectivity index (χ0v) is 12.3. The molecule has 0 aliphatic carbocycles. The molecule has 0 saturated heterocycles. The minimum Gasteiger partial charge on any atom is -0.488 e. The van der Waals surface area contributed by atoms with Crippen LogP contribution in [0.3, 0.4) is 0 Å². The lowest BCUT2D eigenvalue weighted by molar-refractivity contribution is 0.309. The molecule has 0 fully saturated rings. The van der Waals surface area contributed by atoms with E-state index in [1.807, 2.05) is 29.9 Å². The van der Waals surface area contributed by atoms with Gasteiger partial charge in [-0.25, -0.2) is 0 Å². The van der Waals surface area contributed by atoms with E-state index in [-0.39, 0.29) is 0 Å². The number of hydrogen-bond acceptors (Lipinski definition) is 3. The number of nitrogens with zero attached hydrogens (tertiary/aromatic N) is 1. The normalized spacial score (nSPS) is 10.4. The van der Waals surface area contributed by atoms with Gasteiger partial charge in [-0.05, 0) is 23.8 Å². The zero-order valence-electron chi connectivity index (χ0n) is 8.32. The van der Waals surface area contributed by atoms with Crippen LogP contribution in [0, 0.1) is 0 Å². The summed E-state index contributed by atoms with van der Waals surface area (Å²) in [5.41, 5.74) is 2.99. The first-order chi connectivity index (χ1) is 7.79. The summed E-state index contributed by atoms with van der Waals surface area (Å²) in [6.45, 7) is 0.577. The molecular weight excluding hydrogens is 354 g/mol. The molecule has 2 nitrogen and oxygen atoms in total. The number of halogens is 2. The number of ether oxygens (including phenoxy) is 1. The Morgan fingerprint density at radius 3 is 2.94 bits per heavy atom. The SMILES string of the molecule is BrCc1cc(OCc2cncs2)ccc1Br. The van der Waals surface area contributed by atoms with E-state index in [0.29, 0.717) is 6.61 Å². The molecule has 0 radical (unpaired) electrons. The standard InChI is InChI=1S/C11H9Br2NOS/c12-4-8-3-9(1-2-11(8)13)15-6-10-5-14-7-16-10/h1-3,5,7H,4,6H2. The van der Waals surface area contributed by atoms with Crippen LogP contribution in [-0.2, 0) is 11.9 Å². The first-order valence-electron chi connectivity index (χ1n) is 4.64. The fourth-order valence-electron chi connectivity index (χ4n) is 1.21. The van der Waals surface area contributed by atoms with Crippen LogP contribution in [0.25, 0.3) is 0 Å². The molecule has 0 atom stereocenters. The molecule has 1 heterocycles. The summed E-state index contributed by atoms with van der Waals surface area (Å²) in [5, 5.41) is 0.811. The Labute approximate surface area is 115 Å². The number of aromatic nitrogens is 1. The van der Waals surface area contributed by atoms with Gasteiger partial charge in [-0.1, -0.05) is 31.9 Å². The molecule has 0 aliphatic heterocycles. The Balaban J connectivity index is 2.04. The smallest absolute Gasteiger partial charge is 0.124 e. The van der Waals surface area contributed by atoms with E-state index in [1.165, 1.54) is 5.56 Å². The van der Waals surface area contributed by atoms with Crippen molar-refractivity contribution < 1.29 is 4.74 Å². The largest absolute Gasteiger partial charge is 0.488 e. The van der Waals surface area contributed by atoms with Crippen LogP contribution in [0.2, 0.25) is 0 Å². The summed E-state index contributed by atoms with van der Waals surface area (Å²) >= 11 is 8.53. The van der Waals surface area contributed by atoms with Crippen molar-refractivity contribution in [1.29, 1.82) is 0 Å². The average Bonchev–Trinajstić information content (AvgIpc) is 2.81. The highest BCUT2D eigenvalue weighted by atomic mass is 79.9. The summed E-state index contributed by atoms with van der Waals surface area (Å²) in [6.07, 6.45) is 1.83. The molecule has 16 heavy (non-hydrogen) atoms. The Morgan fingerprint density at radius 2 is 2.25 bits per heavy atom. The van der Waals surface area contributed by atoms with Gasteiger partial charge in [-0.2, -0.15) is 0 Å². The predicted molar refractivity (Wildman–Crippen MR) is 73.2 cm³/mol. The topological polar surface area (TPSA) is 22.1 Å². The van der Waals surface area contributed by atoms with E-state index in [9.17, 15) is 0 Å². The van der Waals surface area contributed by atoms with E-state index in [1.54, 1.807) is 11.3 Å². The molecule has 0 saturated carbocycles. The zero-order chi connectivity index (χ0) is 11.4. The van der Waals surface area contributed by atoms with Gasteiger partial charge in [-0.15, -0.1) is 11.3 Å². The third-order valence-electron chi connectivity index (χ3n) is 2.03. The highest BCUT2D eigenvalue weighted by Crippen LogP contribution is 2.25. The maximum Gasteiger partial charge on any atom is 0.124 e. The van der Waals surface area contributed by atoms with Crippen molar-refractivity contribution in [3.05, 3.63) is 44.8 Å². The number of benzene rings is 1. The molecule has 1 aromatic carbocycles. The van der Waals surface area contributed by atoms with Crippen LogP contribution in [0.5, 0.6) is 5.75 Å². The van der Waals surface area contributed by atoms with Gasteiger partial charge in [0.15, 0.2) is 0 Å². The highest BCUT2D eigenvalue weighted by molar-refractivity contribution is 9.10. The Kier molecular flexibility index (Phi) is 4.37. The quantitative estimate of drug-likeness (QED) is 0.753. The van der Waals surface area contributed by atoms with Crippen molar-refractivity contribution in [2.75, 3.05) is 0 Å². The molecule has 5 heteroatoms. The molecule has 0 spiro atoms. The lowest BCUT2D eigenvalue weighted by atomic mass is 10.2. The minimum atomic E-state index is 0.577. The van der Waals surface area contributed by atoms with Gasteiger partial charge in [0, 0.05) is 16.0 Å². The van der Waals surface area contributed by atoms with Crippen LogP contribution in [0.15, 0.2) is 34.4 Å². The predicted octanol–water partition coefficient (Wildman–Crippen LogP) is 4.38. The summed E-state index contributed by atoms with van der Waals surface area (Å²) in [6, 6.07) is 5.98. The molecule has 0 unspecified atom stereocenters. The van der Waals surface area contributed by atoms with E-state index in [0.717, 1.165) is 20.4 Å². The molecule has 84 valence electrons.